The first-order valence-corrected chi connectivity index (χ1v) is 4.17. The molecule has 0 spiro atoms. The summed E-state index contributed by atoms with van der Waals surface area (Å²) in [7, 11) is 0. The monoisotopic (exact) mass is 154 g/mol. The van der Waals surface area contributed by atoms with Gasteiger partial charge in [-0.25, -0.2) is 0 Å². The van der Waals surface area contributed by atoms with Gasteiger partial charge in [0.1, 0.15) is 0 Å². The lowest BCUT2D eigenvalue weighted by molar-refractivity contribution is 0.324. The van der Waals surface area contributed by atoms with Gasteiger partial charge in [0.05, 0.1) is 0 Å². The van der Waals surface area contributed by atoms with Crippen molar-refractivity contribution >= 4 is 0 Å². The summed E-state index contributed by atoms with van der Waals surface area (Å²) in [6.07, 6.45) is 6.39. The van der Waals surface area contributed by atoms with Crippen LogP contribution >= 0.6 is 0 Å². The van der Waals surface area contributed by atoms with Crippen molar-refractivity contribution < 1.29 is 0 Å². The summed E-state index contributed by atoms with van der Waals surface area (Å²) in [5, 5.41) is 0. The standard InChI is InChI=1S/C9H18N2/c1-8(7-10)3-5-9(2,11)6-4-8/h3,5H,4,6-7,10-11H2,1-2H3. The van der Waals surface area contributed by atoms with E-state index in [1.165, 1.54) is 0 Å². The molecule has 0 fully saturated rings. The van der Waals surface area contributed by atoms with Crippen molar-refractivity contribution in [3.8, 4) is 0 Å². The van der Waals surface area contributed by atoms with Crippen LogP contribution in [0.4, 0.5) is 0 Å². The zero-order valence-corrected chi connectivity index (χ0v) is 7.43. The maximum atomic E-state index is 5.93. The van der Waals surface area contributed by atoms with Crippen LogP contribution in [0, 0.1) is 5.41 Å². The van der Waals surface area contributed by atoms with Crippen molar-refractivity contribution in [3.63, 3.8) is 0 Å². The second-order valence-electron chi connectivity index (χ2n) is 4.20. The number of nitrogens with two attached hydrogens (primary N) is 2. The second-order valence-corrected chi connectivity index (χ2v) is 4.20. The zero-order valence-electron chi connectivity index (χ0n) is 7.43. The van der Waals surface area contributed by atoms with E-state index in [9.17, 15) is 0 Å². The topological polar surface area (TPSA) is 52.0 Å². The van der Waals surface area contributed by atoms with Crippen molar-refractivity contribution in [1.29, 1.82) is 0 Å². The molecular formula is C9H18N2. The molecule has 2 unspecified atom stereocenters. The van der Waals surface area contributed by atoms with E-state index in [-0.39, 0.29) is 11.0 Å². The van der Waals surface area contributed by atoms with Crippen molar-refractivity contribution in [2.45, 2.75) is 32.2 Å². The maximum Gasteiger partial charge on any atom is 0.0310 e. The Morgan fingerprint density at radius 1 is 1.27 bits per heavy atom. The van der Waals surface area contributed by atoms with E-state index in [0.717, 1.165) is 19.4 Å². The molecule has 11 heavy (non-hydrogen) atoms. The molecule has 2 atom stereocenters. The highest BCUT2D eigenvalue weighted by atomic mass is 14.7. The second kappa shape index (κ2) is 2.61. The Morgan fingerprint density at radius 3 is 2.27 bits per heavy atom. The SMILES string of the molecule is CC1(N)C=CC(C)(CN)CC1. The average Bonchev–Trinajstić information content (AvgIpc) is 1.97. The molecule has 0 amide bonds. The summed E-state index contributed by atoms with van der Waals surface area (Å²) >= 11 is 0. The molecule has 2 nitrogen and oxygen atoms in total. The third-order valence-corrected chi connectivity index (χ3v) is 2.57. The summed E-state index contributed by atoms with van der Waals surface area (Å²) in [5.74, 6) is 0. The quantitative estimate of drug-likeness (QED) is 0.554. The average molecular weight is 154 g/mol. The third kappa shape index (κ3) is 2.04. The largest absolute Gasteiger partial charge is 0.330 e. The highest BCUT2D eigenvalue weighted by molar-refractivity contribution is 5.13. The maximum absolute atomic E-state index is 5.93. The van der Waals surface area contributed by atoms with Crippen LogP contribution in [0.5, 0.6) is 0 Å². The molecule has 0 bridgehead atoms. The number of rotatable bonds is 1. The molecule has 0 heterocycles. The molecule has 1 rings (SSSR count). The van der Waals surface area contributed by atoms with Gasteiger partial charge in [-0.3, -0.25) is 0 Å². The molecule has 1 aliphatic rings. The summed E-state index contributed by atoms with van der Waals surface area (Å²) in [4.78, 5) is 0. The van der Waals surface area contributed by atoms with E-state index in [2.05, 4.69) is 26.0 Å². The third-order valence-electron chi connectivity index (χ3n) is 2.57. The highest BCUT2D eigenvalue weighted by Crippen LogP contribution is 2.32. The van der Waals surface area contributed by atoms with Crippen LogP contribution < -0.4 is 11.5 Å². The van der Waals surface area contributed by atoms with Crippen molar-refractivity contribution in [2.75, 3.05) is 6.54 Å². The molecule has 1 aliphatic carbocycles. The van der Waals surface area contributed by atoms with Gasteiger partial charge < -0.3 is 11.5 Å². The molecule has 0 aromatic heterocycles. The Hall–Kier alpha value is -0.340. The number of hydrogen-bond acceptors (Lipinski definition) is 2. The van der Waals surface area contributed by atoms with Gasteiger partial charge in [0.15, 0.2) is 0 Å². The van der Waals surface area contributed by atoms with Gasteiger partial charge in [0.25, 0.3) is 0 Å². The fourth-order valence-electron chi connectivity index (χ4n) is 1.28. The van der Waals surface area contributed by atoms with E-state index in [4.69, 9.17) is 11.5 Å². The van der Waals surface area contributed by atoms with Crippen LogP contribution in [0.15, 0.2) is 12.2 Å². The summed E-state index contributed by atoms with van der Waals surface area (Å²) < 4.78 is 0. The van der Waals surface area contributed by atoms with Gasteiger partial charge in [-0.1, -0.05) is 19.1 Å². The Kier molecular flexibility index (Phi) is 2.08. The molecule has 0 saturated heterocycles. The molecule has 64 valence electrons. The Morgan fingerprint density at radius 2 is 1.91 bits per heavy atom. The van der Waals surface area contributed by atoms with Crippen LogP contribution in [-0.2, 0) is 0 Å². The molecule has 4 N–H and O–H groups in total. The first kappa shape index (κ1) is 8.75. The van der Waals surface area contributed by atoms with E-state index >= 15 is 0 Å². The van der Waals surface area contributed by atoms with E-state index in [1.54, 1.807) is 0 Å². The zero-order chi connectivity index (χ0) is 8.54. The summed E-state index contributed by atoms with van der Waals surface area (Å²) in [5.41, 5.74) is 11.7. The van der Waals surface area contributed by atoms with Crippen LogP contribution in [0.1, 0.15) is 26.7 Å². The first-order chi connectivity index (χ1) is 4.97. The lowest BCUT2D eigenvalue weighted by Gasteiger charge is -2.34. The van der Waals surface area contributed by atoms with Gasteiger partial charge in [-0.15, -0.1) is 0 Å². The van der Waals surface area contributed by atoms with Crippen LogP contribution in [0.25, 0.3) is 0 Å². The Balaban J connectivity index is 2.70. The van der Waals surface area contributed by atoms with E-state index in [1.807, 2.05) is 0 Å². The normalized spacial score (nSPS) is 44.4. The highest BCUT2D eigenvalue weighted by Gasteiger charge is 2.28. The molecule has 0 aliphatic heterocycles. The minimum Gasteiger partial charge on any atom is -0.330 e. The molecule has 0 aromatic rings. The molecule has 0 saturated carbocycles. The van der Waals surface area contributed by atoms with Crippen LogP contribution in [0.3, 0.4) is 0 Å². The molecule has 0 radical (unpaired) electrons. The van der Waals surface area contributed by atoms with Gasteiger partial charge in [0, 0.05) is 12.1 Å². The predicted molar refractivity (Wildman–Crippen MR) is 48.1 cm³/mol. The van der Waals surface area contributed by atoms with Crippen molar-refractivity contribution in [1.82, 2.24) is 0 Å². The summed E-state index contributed by atoms with van der Waals surface area (Å²) in [6.45, 7) is 4.96. The fourth-order valence-corrected chi connectivity index (χ4v) is 1.28. The minimum absolute atomic E-state index is 0.102. The Labute approximate surface area is 68.6 Å². The lowest BCUT2D eigenvalue weighted by Crippen LogP contribution is -2.40. The molecule has 2 heteroatoms. The van der Waals surface area contributed by atoms with Crippen LogP contribution in [0.2, 0.25) is 0 Å². The van der Waals surface area contributed by atoms with Crippen LogP contribution in [-0.4, -0.2) is 12.1 Å². The summed E-state index contributed by atoms with van der Waals surface area (Å²) in [6, 6.07) is 0. The minimum atomic E-state index is -0.102. The smallest absolute Gasteiger partial charge is 0.0310 e. The molecular weight excluding hydrogens is 136 g/mol. The fraction of sp³-hybridized carbons (Fsp3) is 0.778. The van der Waals surface area contributed by atoms with Crippen molar-refractivity contribution in [3.05, 3.63) is 12.2 Å². The van der Waals surface area contributed by atoms with Gasteiger partial charge in [-0.2, -0.15) is 0 Å². The Bertz CT molecular complexity index is 172. The first-order valence-electron chi connectivity index (χ1n) is 4.17. The predicted octanol–water partition coefficient (Wildman–Crippen LogP) is 1.02. The van der Waals surface area contributed by atoms with E-state index < -0.39 is 0 Å². The van der Waals surface area contributed by atoms with Crippen molar-refractivity contribution in [2.24, 2.45) is 16.9 Å². The van der Waals surface area contributed by atoms with Gasteiger partial charge in [-0.05, 0) is 25.2 Å². The van der Waals surface area contributed by atoms with E-state index in [0.29, 0.717) is 0 Å². The molecule has 0 aromatic carbocycles. The lowest BCUT2D eigenvalue weighted by atomic mass is 9.75. The number of hydrogen-bond donors (Lipinski definition) is 2. The van der Waals surface area contributed by atoms with Gasteiger partial charge in [0.2, 0.25) is 0 Å². The van der Waals surface area contributed by atoms with Gasteiger partial charge >= 0.3 is 0 Å².